The highest BCUT2D eigenvalue weighted by Gasteiger charge is 2.43. The zero-order valence-corrected chi connectivity index (χ0v) is 5.90. The summed E-state index contributed by atoms with van der Waals surface area (Å²) >= 11 is 0. The molecule has 0 saturated heterocycles. The molecule has 3 nitrogen and oxygen atoms in total. The molecule has 0 rings (SSSR count). The summed E-state index contributed by atoms with van der Waals surface area (Å²) in [5, 5.41) is 8.61. The number of carbonyl (C=O) groups excluding carboxylic acids is 1. The van der Waals surface area contributed by atoms with E-state index < -0.39 is 17.9 Å². The van der Waals surface area contributed by atoms with Gasteiger partial charge in [-0.25, -0.2) is 4.79 Å². The highest BCUT2D eigenvalue weighted by atomic mass is 19.4. The maximum absolute atomic E-state index is 11.4. The van der Waals surface area contributed by atoms with Gasteiger partial charge in [0.25, 0.3) is 0 Å². The molecule has 0 aromatic rings. The molecule has 0 radical (unpaired) electrons. The van der Waals surface area contributed by atoms with Crippen molar-refractivity contribution >= 4 is 5.97 Å². The summed E-state index contributed by atoms with van der Waals surface area (Å²) in [6.45, 7) is 1.85. The predicted molar refractivity (Wildman–Crippen MR) is 28.4 cm³/mol. The Labute approximate surface area is 60.8 Å². The van der Waals surface area contributed by atoms with Crippen molar-refractivity contribution in [3.05, 3.63) is 0 Å². The minimum Gasteiger partial charge on any atom is -0.427 e. The van der Waals surface area contributed by atoms with E-state index >= 15 is 0 Å². The number of carbonyl (C=O) groups is 1. The minimum atomic E-state index is -5.06. The molecule has 0 unspecified atom stereocenters. The number of halogens is 3. The van der Waals surface area contributed by atoms with Gasteiger partial charge >= 0.3 is 12.1 Å². The smallest absolute Gasteiger partial charge is 0.427 e. The summed E-state index contributed by atoms with van der Waals surface area (Å²) < 4.78 is 37.8. The van der Waals surface area contributed by atoms with Crippen LogP contribution < -0.4 is 0 Å². The van der Waals surface area contributed by atoms with Gasteiger partial charge in [0.1, 0.15) is 0 Å². The fraction of sp³-hybridized carbons (Fsp3) is 0.800. The van der Waals surface area contributed by atoms with Crippen LogP contribution in [0.25, 0.3) is 0 Å². The average Bonchev–Trinajstić information content (AvgIpc) is 1.56. The summed E-state index contributed by atoms with van der Waals surface area (Å²) in [6.07, 6.45) is -5.06. The van der Waals surface area contributed by atoms with E-state index in [0.717, 1.165) is 13.8 Å². The van der Waals surface area contributed by atoms with Crippen molar-refractivity contribution in [1.82, 2.24) is 0 Å². The Bertz CT molecular complexity index is 155. The molecule has 0 bridgehead atoms. The number of esters is 1. The summed E-state index contributed by atoms with van der Waals surface area (Å²) in [5.74, 6) is -4.49. The molecular weight excluding hydrogens is 165 g/mol. The Kier molecular flexibility index (Phi) is 2.50. The Hall–Kier alpha value is -0.780. The molecule has 0 aliphatic rings. The summed E-state index contributed by atoms with van der Waals surface area (Å²) in [7, 11) is 0. The van der Waals surface area contributed by atoms with Crippen LogP contribution in [0, 0.1) is 0 Å². The van der Waals surface area contributed by atoms with Crippen LogP contribution in [0.4, 0.5) is 13.2 Å². The maximum Gasteiger partial charge on any atom is 0.491 e. The molecule has 1 N–H and O–H groups in total. The molecule has 0 aromatic carbocycles. The van der Waals surface area contributed by atoms with E-state index in [-0.39, 0.29) is 0 Å². The minimum absolute atomic E-state index is 0.927. The van der Waals surface area contributed by atoms with Crippen LogP contribution in [0.1, 0.15) is 13.8 Å². The van der Waals surface area contributed by atoms with Gasteiger partial charge in [-0.2, -0.15) is 13.2 Å². The van der Waals surface area contributed by atoms with Crippen LogP contribution in [0.15, 0.2) is 0 Å². The molecule has 0 aliphatic heterocycles. The van der Waals surface area contributed by atoms with Crippen molar-refractivity contribution in [2.45, 2.75) is 25.8 Å². The van der Waals surface area contributed by atoms with Crippen molar-refractivity contribution in [1.29, 1.82) is 0 Å². The van der Waals surface area contributed by atoms with E-state index in [4.69, 9.17) is 5.11 Å². The lowest BCUT2D eigenvalue weighted by atomic mass is 10.4. The van der Waals surface area contributed by atoms with Gasteiger partial charge < -0.3 is 9.84 Å². The first kappa shape index (κ1) is 10.2. The molecule has 6 heteroatoms. The first-order valence-electron chi connectivity index (χ1n) is 2.65. The Balaban J connectivity index is 4.11. The zero-order valence-electron chi connectivity index (χ0n) is 5.90. The van der Waals surface area contributed by atoms with E-state index in [2.05, 4.69) is 4.74 Å². The van der Waals surface area contributed by atoms with Gasteiger partial charge in [-0.05, 0) is 0 Å². The number of hydrogen-bond acceptors (Lipinski definition) is 3. The largest absolute Gasteiger partial charge is 0.491 e. The molecule has 0 saturated carbocycles. The molecular formula is C5H7F3O3. The van der Waals surface area contributed by atoms with Crippen molar-refractivity contribution in [2.75, 3.05) is 0 Å². The van der Waals surface area contributed by atoms with E-state index in [0.29, 0.717) is 0 Å². The number of hydrogen-bond donors (Lipinski definition) is 1. The Morgan fingerprint density at radius 2 is 1.73 bits per heavy atom. The van der Waals surface area contributed by atoms with Crippen LogP contribution in [-0.4, -0.2) is 23.0 Å². The van der Waals surface area contributed by atoms with Gasteiger partial charge in [0.2, 0.25) is 5.79 Å². The topological polar surface area (TPSA) is 46.5 Å². The van der Waals surface area contributed by atoms with Gasteiger partial charge in [0, 0.05) is 13.8 Å². The number of alkyl halides is 3. The quantitative estimate of drug-likeness (QED) is 0.470. The third kappa shape index (κ3) is 4.60. The molecule has 66 valence electrons. The lowest BCUT2D eigenvalue weighted by molar-refractivity contribution is -0.238. The van der Waals surface area contributed by atoms with E-state index in [1.165, 1.54) is 0 Å². The van der Waals surface area contributed by atoms with E-state index in [1.54, 1.807) is 0 Å². The number of rotatable bonds is 1. The van der Waals surface area contributed by atoms with Gasteiger partial charge in [-0.15, -0.1) is 0 Å². The zero-order chi connectivity index (χ0) is 9.28. The number of aliphatic hydroxyl groups is 1. The summed E-state index contributed by atoms with van der Waals surface area (Å²) in [4.78, 5) is 9.97. The second-order valence-corrected chi connectivity index (χ2v) is 2.33. The molecule has 0 heterocycles. The van der Waals surface area contributed by atoms with Crippen LogP contribution in [0.3, 0.4) is 0 Å². The summed E-state index contributed by atoms with van der Waals surface area (Å²) in [5.41, 5.74) is 0. The van der Waals surface area contributed by atoms with Gasteiger partial charge in [0.05, 0.1) is 0 Å². The standard InChI is InChI=1S/C5H7F3O3/c1-4(2,10)11-3(9)5(6,7)8/h10H,1-2H3. The van der Waals surface area contributed by atoms with E-state index in [1.807, 2.05) is 0 Å². The molecule has 0 fully saturated rings. The van der Waals surface area contributed by atoms with E-state index in [9.17, 15) is 18.0 Å². The molecule has 11 heavy (non-hydrogen) atoms. The van der Waals surface area contributed by atoms with Crippen LogP contribution >= 0.6 is 0 Å². The summed E-state index contributed by atoms with van der Waals surface area (Å²) in [6, 6.07) is 0. The van der Waals surface area contributed by atoms with Crippen molar-refractivity contribution in [3.8, 4) is 0 Å². The fourth-order valence-corrected chi connectivity index (χ4v) is 0.285. The molecule has 0 amide bonds. The normalized spacial score (nSPS) is 12.9. The van der Waals surface area contributed by atoms with Gasteiger partial charge in [0.15, 0.2) is 0 Å². The van der Waals surface area contributed by atoms with Crippen molar-refractivity contribution < 1.29 is 27.8 Å². The monoisotopic (exact) mass is 172 g/mol. The average molecular weight is 172 g/mol. The molecule has 0 spiro atoms. The Morgan fingerprint density at radius 1 is 1.36 bits per heavy atom. The van der Waals surface area contributed by atoms with Crippen molar-refractivity contribution in [3.63, 3.8) is 0 Å². The Morgan fingerprint density at radius 3 is 1.82 bits per heavy atom. The highest BCUT2D eigenvalue weighted by molar-refractivity contribution is 5.75. The third-order valence-corrected chi connectivity index (χ3v) is 0.574. The van der Waals surface area contributed by atoms with Gasteiger partial charge in [-0.3, -0.25) is 0 Å². The highest BCUT2D eigenvalue weighted by Crippen LogP contribution is 2.19. The fourth-order valence-electron chi connectivity index (χ4n) is 0.285. The molecule has 0 aromatic heterocycles. The second kappa shape index (κ2) is 2.69. The third-order valence-electron chi connectivity index (χ3n) is 0.574. The second-order valence-electron chi connectivity index (χ2n) is 2.33. The van der Waals surface area contributed by atoms with Crippen LogP contribution in [-0.2, 0) is 9.53 Å². The molecule has 0 atom stereocenters. The maximum atomic E-state index is 11.4. The SMILES string of the molecule is CC(C)(O)OC(=O)C(F)(F)F. The van der Waals surface area contributed by atoms with Gasteiger partial charge in [-0.1, -0.05) is 0 Å². The lowest BCUT2D eigenvalue weighted by Crippen LogP contribution is -2.35. The van der Waals surface area contributed by atoms with Crippen LogP contribution in [0.2, 0.25) is 0 Å². The lowest BCUT2D eigenvalue weighted by Gasteiger charge is -2.18. The molecule has 0 aliphatic carbocycles. The van der Waals surface area contributed by atoms with Crippen LogP contribution in [0.5, 0.6) is 0 Å². The first-order chi connectivity index (χ1) is 4.63. The first-order valence-corrected chi connectivity index (χ1v) is 2.65. The number of ether oxygens (including phenoxy) is 1. The predicted octanol–water partition coefficient (Wildman–Crippen LogP) is 0.820. The van der Waals surface area contributed by atoms with Crippen molar-refractivity contribution in [2.24, 2.45) is 0 Å².